The molecule has 1 amide bonds. The fourth-order valence-corrected chi connectivity index (χ4v) is 11.3. The number of nitrogens with zero attached hydrogens (tertiary/aromatic N) is 3. The standard InChI is InChI=1S/C54H73N3O7/c1-5-32-62-54-49(57(50(60)26-23-38-15-6-7-16-38)37-41-20-14-19-39-17-8-9-21-43(39)41)36-47(55-64-53(2,3)4)45-34-40(18-10-12-30-58)44(22-11-13-31-59)51(52(45)54)46-35-42(24-25-48(46)63-54)61-33-29-56-27-28-56/h5,8-9,14,17,19-21,24-25,34-35,38,40,44,49,51-52,58-59H,1,6-7,10-13,15-16,18,22-23,26-33,36-37H2,2-4H3. The van der Waals surface area contributed by atoms with Crippen molar-refractivity contribution >= 4 is 22.4 Å². The third kappa shape index (κ3) is 10.6. The molecule has 5 aliphatic rings. The number of aliphatic hydroxyl groups excluding tert-OH is 2. The normalized spacial score (nSPS) is 25.9. The van der Waals surface area contributed by atoms with Gasteiger partial charge in [0.1, 0.15) is 29.7 Å². The number of hydrogen-bond donors (Lipinski definition) is 2. The van der Waals surface area contributed by atoms with Crippen LogP contribution in [0.15, 0.2) is 90.1 Å². The molecule has 2 heterocycles. The number of carbonyl (C=O) groups is 1. The molecule has 10 nitrogen and oxygen atoms in total. The number of carbonyl (C=O) groups excluding carboxylic acids is 1. The van der Waals surface area contributed by atoms with Crippen molar-refractivity contribution in [2.75, 3.05) is 46.1 Å². The molecule has 3 aliphatic carbocycles. The number of benzene rings is 3. The first kappa shape index (κ1) is 46.3. The van der Waals surface area contributed by atoms with Crippen LogP contribution in [0.5, 0.6) is 11.5 Å². The van der Waals surface area contributed by atoms with Crippen LogP contribution in [0.3, 0.4) is 0 Å². The highest BCUT2D eigenvalue weighted by molar-refractivity contribution is 6.03. The van der Waals surface area contributed by atoms with Crippen molar-refractivity contribution in [2.24, 2.45) is 28.8 Å². The second kappa shape index (κ2) is 21.0. The Labute approximate surface area is 381 Å². The van der Waals surface area contributed by atoms with Crippen LogP contribution in [0.2, 0.25) is 0 Å². The van der Waals surface area contributed by atoms with Gasteiger partial charge in [0.15, 0.2) is 0 Å². The number of amides is 1. The fraction of sp³-hybridized carbons (Fsp3) is 0.593. The number of fused-ring (bicyclic) bond motifs is 3. The van der Waals surface area contributed by atoms with Gasteiger partial charge in [0, 0.05) is 63.7 Å². The Bertz CT molecular complexity index is 2110. The van der Waals surface area contributed by atoms with Gasteiger partial charge in [-0.25, -0.2) is 0 Å². The monoisotopic (exact) mass is 876 g/mol. The average molecular weight is 876 g/mol. The predicted molar refractivity (Wildman–Crippen MR) is 253 cm³/mol. The van der Waals surface area contributed by atoms with Gasteiger partial charge in [-0.15, -0.1) is 6.58 Å². The van der Waals surface area contributed by atoms with E-state index in [-0.39, 0.29) is 49.4 Å². The molecule has 3 aromatic rings. The Kier molecular flexibility index (Phi) is 15.2. The summed E-state index contributed by atoms with van der Waals surface area (Å²) in [4.78, 5) is 26.3. The van der Waals surface area contributed by atoms with Crippen molar-refractivity contribution in [3.8, 4) is 11.5 Å². The van der Waals surface area contributed by atoms with Gasteiger partial charge in [0.25, 0.3) is 0 Å². The lowest BCUT2D eigenvalue weighted by Crippen LogP contribution is -2.70. The maximum Gasteiger partial charge on any atom is 0.239 e. The van der Waals surface area contributed by atoms with Gasteiger partial charge in [-0.2, -0.15) is 0 Å². The minimum Gasteiger partial charge on any atom is -0.492 e. The molecular formula is C54H73N3O7. The average Bonchev–Trinajstić information content (AvgIpc) is 3.97. The second-order valence-corrected chi connectivity index (χ2v) is 20.0. The van der Waals surface area contributed by atoms with Gasteiger partial charge in [-0.3, -0.25) is 9.69 Å². The summed E-state index contributed by atoms with van der Waals surface area (Å²) in [6.45, 7) is 14.8. The van der Waals surface area contributed by atoms with Crippen molar-refractivity contribution in [3.63, 3.8) is 0 Å². The topological polar surface area (TPSA) is 113 Å². The molecule has 2 saturated carbocycles. The maximum atomic E-state index is 15.4. The summed E-state index contributed by atoms with van der Waals surface area (Å²) in [5, 5.41) is 27.4. The first-order valence-corrected chi connectivity index (χ1v) is 24.5. The quantitative estimate of drug-likeness (QED) is 0.0444. The Balaban J connectivity index is 1.32. The summed E-state index contributed by atoms with van der Waals surface area (Å²) in [5.74, 6) is 0.661. The molecule has 346 valence electrons. The highest BCUT2D eigenvalue weighted by Crippen LogP contribution is 2.62. The molecular weight excluding hydrogens is 803 g/mol. The van der Waals surface area contributed by atoms with Crippen LogP contribution in [0.25, 0.3) is 10.8 Å². The van der Waals surface area contributed by atoms with Gasteiger partial charge >= 0.3 is 0 Å². The van der Waals surface area contributed by atoms with E-state index in [0.29, 0.717) is 38.3 Å². The van der Waals surface area contributed by atoms with E-state index >= 15 is 4.79 Å². The van der Waals surface area contributed by atoms with Gasteiger partial charge < -0.3 is 34.2 Å². The Morgan fingerprint density at radius 3 is 2.50 bits per heavy atom. The molecule has 64 heavy (non-hydrogen) atoms. The van der Waals surface area contributed by atoms with Crippen LogP contribution < -0.4 is 9.47 Å². The van der Waals surface area contributed by atoms with E-state index in [2.05, 4.69) is 77.1 Å². The highest BCUT2D eigenvalue weighted by atomic mass is 16.7. The summed E-state index contributed by atoms with van der Waals surface area (Å²) >= 11 is 0. The number of ether oxygens (including phenoxy) is 3. The second-order valence-electron chi connectivity index (χ2n) is 20.0. The minimum atomic E-state index is -1.32. The van der Waals surface area contributed by atoms with Crippen LogP contribution in [-0.4, -0.2) is 95.1 Å². The van der Waals surface area contributed by atoms with E-state index in [4.69, 9.17) is 24.2 Å². The number of rotatable bonds is 22. The van der Waals surface area contributed by atoms with Gasteiger partial charge in [0.05, 0.1) is 18.2 Å². The molecule has 1 saturated heterocycles. The molecule has 0 radical (unpaired) electrons. The summed E-state index contributed by atoms with van der Waals surface area (Å²) < 4.78 is 21.4. The molecule has 10 heteroatoms. The number of unbranched alkanes of at least 4 members (excludes halogenated alkanes) is 2. The minimum absolute atomic E-state index is 0.0909. The van der Waals surface area contributed by atoms with Gasteiger partial charge in [-0.05, 0) is 111 Å². The fourth-order valence-electron chi connectivity index (χ4n) is 11.3. The largest absolute Gasteiger partial charge is 0.492 e. The first-order valence-electron chi connectivity index (χ1n) is 24.5. The zero-order chi connectivity index (χ0) is 44.7. The zero-order valence-corrected chi connectivity index (χ0v) is 38.7. The zero-order valence-electron chi connectivity index (χ0n) is 38.7. The number of hydrogen-bond acceptors (Lipinski definition) is 9. The lowest BCUT2D eigenvalue weighted by atomic mass is 9.55. The van der Waals surface area contributed by atoms with Crippen molar-refractivity contribution in [1.82, 2.24) is 9.80 Å². The van der Waals surface area contributed by atoms with Gasteiger partial charge in [-0.1, -0.05) is 98.3 Å². The Hall–Kier alpha value is -4.22. The lowest BCUT2D eigenvalue weighted by Gasteiger charge is -2.60. The molecule has 6 unspecified atom stereocenters. The molecule has 0 bridgehead atoms. The highest BCUT2D eigenvalue weighted by Gasteiger charge is 2.65. The number of allylic oxidation sites excluding steroid dienone is 1. The number of aliphatic hydroxyl groups is 2. The SMILES string of the molecule is C=CCOC12Oc3ccc(OCCN4CC4)cc3C3C(CCCCO)C(CCCCO)C=C(C(=NOC(C)(C)C)CC1N(Cc1cccc4ccccc14)C(=O)CCC1CCCC1)C32. The van der Waals surface area contributed by atoms with Crippen molar-refractivity contribution < 1.29 is 34.1 Å². The predicted octanol–water partition coefficient (Wildman–Crippen LogP) is 9.97. The third-order valence-corrected chi connectivity index (χ3v) is 14.4. The first-order chi connectivity index (χ1) is 31.1. The maximum absolute atomic E-state index is 15.4. The molecule has 6 atom stereocenters. The molecule has 2 N–H and O–H groups in total. The van der Waals surface area contributed by atoms with E-state index in [0.717, 1.165) is 103 Å². The van der Waals surface area contributed by atoms with Crippen molar-refractivity contribution in [1.29, 1.82) is 0 Å². The van der Waals surface area contributed by atoms with E-state index in [1.807, 2.05) is 26.8 Å². The molecule has 8 rings (SSSR count). The summed E-state index contributed by atoms with van der Waals surface area (Å²) in [6, 6.07) is 20.5. The summed E-state index contributed by atoms with van der Waals surface area (Å²) in [6.07, 6.45) is 15.6. The molecule has 3 aromatic carbocycles. The van der Waals surface area contributed by atoms with Crippen molar-refractivity contribution in [3.05, 3.63) is 96.1 Å². The number of oxime groups is 1. The van der Waals surface area contributed by atoms with Crippen molar-refractivity contribution in [2.45, 2.75) is 134 Å². The molecule has 3 fully saturated rings. The molecule has 2 aliphatic heterocycles. The van der Waals surface area contributed by atoms with E-state index < -0.39 is 17.4 Å². The summed E-state index contributed by atoms with van der Waals surface area (Å²) in [5.41, 5.74) is 3.45. The summed E-state index contributed by atoms with van der Waals surface area (Å²) in [7, 11) is 0. The van der Waals surface area contributed by atoms with Gasteiger partial charge in [0.2, 0.25) is 11.7 Å². The molecule has 0 aromatic heterocycles. The van der Waals surface area contributed by atoms with E-state index in [1.165, 1.54) is 25.7 Å². The third-order valence-electron chi connectivity index (χ3n) is 14.4. The van der Waals surface area contributed by atoms with Crippen LogP contribution in [0, 0.1) is 23.7 Å². The lowest BCUT2D eigenvalue weighted by molar-refractivity contribution is -0.258. The van der Waals surface area contributed by atoms with E-state index in [1.54, 1.807) is 6.08 Å². The molecule has 0 spiro atoms. The van der Waals surface area contributed by atoms with Crippen LogP contribution in [-0.2, 0) is 20.9 Å². The smallest absolute Gasteiger partial charge is 0.239 e. The van der Waals surface area contributed by atoms with Crippen LogP contribution in [0.4, 0.5) is 0 Å². The Morgan fingerprint density at radius 1 is 0.984 bits per heavy atom. The van der Waals surface area contributed by atoms with Crippen LogP contribution in [0.1, 0.15) is 121 Å². The van der Waals surface area contributed by atoms with E-state index in [9.17, 15) is 10.2 Å². The Morgan fingerprint density at radius 2 is 1.75 bits per heavy atom. The van der Waals surface area contributed by atoms with Crippen LogP contribution >= 0.6 is 0 Å².